The van der Waals surface area contributed by atoms with Crippen LogP contribution >= 0.6 is 12.4 Å². The quantitative estimate of drug-likeness (QED) is 0.869. The van der Waals surface area contributed by atoms with Gasteiger partial charge in [0.25, 0.3) is 0 Å². The van der Waals surface area contributed by atoms with Gasteiger partial charge in [-0.3, -0.25) is 4.79 Å². The van der Waals surface area contributed by atoms with Crippen LogP contribution in [0.4, 0.5) is 0 Å². The molecule has 1 unspecified atom stereocenters. The molecule has 1 atom stereocenters. The Labute approximate surface area is 131 Å². The second-order valence-corrected chi connectivity index (χ2v) is 4.94. The standard InChI is InChI=1S/C15H22N2O3.ClH/c1-19-13-5-6-14(20-2)12(8-13)10-17-15(18)11-4-3-7-16-9-11;/h5-6,8,11,16H,3-4,7,9-10H2,1-2H3,(H,17,18);1H. The lowest BCUT2D eigenvalue weighted by atomic mass is 9.99. The van der Waals surface area contributed by atoms with Crippen molar-refractivity contribution in [1.29, 1.82) is 0 Å². The Bertz CT molecular complexity index is 462. The zero-order valence-corrected chi connectivity index (χ0v) is 13.3. The molecule has 5 nitrogen and oxygen atoms in total. The van der Waals surface area contributed by atoms with E-state index in [4.69, 9.17) is 9.47 Å². The summed E-state index contributed by atoms with van der Waals surface area (Å²) in [6, 6.07) is 5.58. The van der Waals surface area contributed by atoms with E-state index in [0.717, 1.165) is 43.0 Å². The summed E-state index contributed by atoms with van der Waals surface area (Å²) in [5.74, 6) is 1.68. The van der Waals surface area contributed by atoms with Crippen molar-refractivity contribution in [3.05, 3.63) is 23.8 Å². The van der Waals surface area contributed by atoms with Crippen LogP contribution < -0.4 is 20.1 Å². The maximum atomic E-state index is 12.1. The second kappa shape index (κ2) is 8.74. The topological polar surface area (TPSA) is 59.6 Å². The van der Waals surface area contributed by atoms with E-state index in [0.29, 0.717) is 6.54 Å². The summed E-state index contributed by atoms with van der Waals surface area (Å²) in [6.07, 6.45) is 2.01. The van der Waals surface area contributed by atoms with E-state index in [1.807, 2.05) is 18.2 Å². The molecule has 0 radical (unpaired) electrons. The van der Waals surface area contributed by atoms with Crippen molar-refractivity contribution in [3.8, 4) is 11.5 Å². The number of hydrogen-bond acceptors (Lipinski definition) is 4. The summed E-state index contributed by atoms with van der Waals surface area (Å²) in [5, 5.41) is 6.23. The Morgan fingerprint density at radius 1 is 1.38 bits per heavy atom. The van der Waals surface area contributed by atoms with E-state index >= 15 is 0 Å². The lowest BCUT2D eigenvalue weighted by molar-refractivity contribution is -0.125. The predicted octanol–water partition coefficient (Wildman–Crippen LogP) is 1.74. The molecule has 1 saturated heterocycles. The van der Waals surface area contributed by atoms with E-state index in [-0.39, 0.29) is 24.2 Å². The van der Waals surface area contributed by atoms with Crippen LogP contribution in [-0.2, 0) is 11.3 Å². The molecular weight excluding hydrogens is 292 g/mol. The fourth-order valence-corrected chi connectivity index (χ4v) is 2.42. The van der Waals surface area contributed by atoms with Gasteiger partial charge in [0.05, 0.1) is 20.1 Å². The molecule has 0 saturated carbocycles. The molecular formula is C15H23ClN2O3. The number of nitrogens with one attached hydrogen (secondary N) is 2. The Kier molecular flexibility index (Phi) is 7.32. The molecule has 1 aliphatic rings. The Balaban J connectivity index is 0.00000220. The van der Waals surface area contributed by atoms with E-state index in [2.05, 4.69) is 10.6 Å². The Morgan fingerprint density at radius 3 is 2.81 bits per heavy atom. The highest BCUT2D eigenvalue weighted by atomic mass is 35.5. The first-order valence-electron chi connectivity index (χ1n) is 6.94. The molecule has 0 bridgehead atoms. The van der Waals surface area contributed by atoms with Gasteiger partial charge in [0.2, 0.25) is 5.91 Å². The highest BCUT2D eigenvalue weighted by Gasteiger charge is 2.20. The normalized spacial score (nSPS) is 17.5. The third-order valence-electron chi connectivity index (χ3n) is 3.61. The van der Waals surface area contributed by atoms with Crippen molar-refractivity contribution in [1.82, 2.24) is 10.6 Å². The van der Waals surface area contributed by atoms with Gasteiger partial charge in [0.1, 0.15) is 11.5 Å². The van der Waals surface area contributed by atoms with Gasteiger partial charge in [-0.15, -0.1) is 12.4 Å². The summed E-state index contributed by atoms with van der Waals surface area (Å²) in [6.45, 7) is 2.23. The minimum atomic E-state index is 0. The van der Waals surface area contributed by atoms with Crippen LogP contribution in [0.25, 0.3) is 0 Å². The van der Waals surface area contributed by atoms with Gasteiger partial charge < -0.3 is 20.1 Å². The minimum Gasteiger partial charge on any atom is -0.497 e. The molecule has 2 rings (SSSR count). The molecule has 1 aromatic carbocycles. The molecule has 21 heavy (non-hydrogen) atoms. The van der Waals surface area contributed by atoms with Crippen LogP contribution in [-0.4, -0.2) is 33.2 Å². The van der Waals surface area contributed by atoms with Gasteiger partial charge in [-0.1, -0.05) is 0 Å². The van der Waals surface area contributed by atoms with Crippen LogP contribution in [0.1, 0.15) is 18.4 Å². The number of piperidine rings is 1. The number of ether oxygens (including phenoxy) is 2. The Hall–Kier alpha value is -1.46. The molecule has 1 fully saturated rings. The number of amides is 1. The molecule has 1 heterocycles. The molecule has 118 valence electrons. The van der Waals surface area contributed by atoms with Crippen molar-refractivity contribution in [2.45, 2.75) is 19.4 Å². The third kappa shape index (κ3) is 4.79. The highest BCUT2D eigenvalue weighted by molar-refractivity contribution is 5.85. The van der Waals surface area contributed by atoms with Gasteiger partial charge >= 0.3 is 0 Å². The van der Waals surface area contributed by atoms with E-state index in [1.165, 1.54) is 0 Å². The average molecular weight is 315 g/mol. The maximum absolute atomic E-state index is 12.1. The molecule has 0 aromatic heterocycles. The van der Waals surface area contributed by atoms with Crippen molar-refractivity contribution in [2.75, 3.05) is 27.3 Å². The minimum absolute atomic E-state index is 0. The van der Waals surface area contributed by atoms with E-state index in [9.17, 15) is 4.79 Å². The summed E-state index contributed by atoms with van der Waals surface area (Å²) < 4.78 is 10.5. The average Bonchev–Trinajstić information content (AvgIpc) is 2.53. The smallest absolute Gasteiger partial charge is 0.224 e. The SMILES string of the molecule is COc1ccc(OC)c(CNC(=O)C2CCCNC2)c1.Cl. The first kappa shape index (κ1) is 17.6. The van der Waals surface area contributed by atoms with E-state index < -0.39 is 0 Å². The van der Waals surface area contributed by atoms with Crippen molar-refractivity contribution in [3.63, 3.8) is 0 Å². The number of carbonyl (C=O) groups is 1. The summed E-state index contributed by atoms with van der Waals surface area (Å²) in [5.41, 5.74) is 0.920. The number of rotatable bonds is 5. The molecule has 2 N–H and O–H groups in total. The van der Waals surface area contributed by atoms with Gasteiger partial charge in [-0.05, 0) is 37.6 Å². The lowest BCUT2D eigenvalue weighted by Gasteiger charge is -2.22. The predicted molar refractivity (Wildman–Crippen MR) is 84.2 cm³/mol. The maximum Gasteiger partial charge on any atom is 0.224 e. The van der Waals surface area contributed by atoms with E-state index in [1.54, 1.807) is 14.2 Å². The van der Waals surface area contributed by atoms with Crippen molar-refractivity contribution in [2.24, 2.45) is 5.92 Å². The Morgan fingerprint density at radius 2 is 2.19 bits per heavy atom. The molecule has 1 aliphatic heterocycles. The zero-order valence-electron chi connectivity index (χ0n) is 12.5. The van der Waals surface area contributed by atoms with Gasteiger partial charge in [-0.25, -0.2) is 0 Å². The summed E-state index contributed by atoms with van der Waals surface area (Å²) >= 11 is 0. The van der Waals surface area contributed by atoms with Crippen LogP contribution in [0.15, 0.2) is 18.2 Å². The second-order valence-electron chi connectivity index (χ2n) is 4.94. The van der Waals surface area contributed by atoms with Gasteiger partial charge in [-0.2, -0.15) is 0 Å². The first-order valence-corrected chi connectivity index (χ1v) is 6.94. The fraction of sp³-hybridized carbons (Fsp3) is 0.533. The zero-order chi connectivity index (χ0) is 14.4. The van der Waals surface area contributed by atoms with Crippen LogP contribution in [0.2, 0.25) is 0 Å². The number of carbonyl (C=O) groups excluding carboxylic acids is 1. The number of hydrogen-bond donors (Lipinski definition) is 2. The first-order chi connectivity index (χ1) is 9.74. The fourth-order valence-electron chi connectivity index (χ4n) is 2.42. The van der Waals surface area contributed by atoms with Crippen molar-refractivity contribution < 1.29 is 14.3 Å². The molecule has 1 amide bonds. The highest BCUT2D eigenvalue weighted by Crippen LogP contribution is 2.23. The summed E-state index contributed by atoms with van der Waals surface area (Å²) in [4.78, 5) is 12.1. The lowest BCUT2D eigenvalue weighted by Crippen LogP contribution is -2.40. The third-order valence-corrected chi connectivity index (χ3v) is 3.61. The van der Waals surface area contributed by atoms with Crippen molar-refractivity contribution >= 4 is 18.3 Å². The molecule has 0 spiro atoms. The number of methoxy groups -OCH3 is 2. The van der Waals surface area contributed by atoms with Gasteiger partial charge in [0, 0.05) is 18.7 Å². The molecule has 0 aliphatic carbocycles. The van der Waals surface area contributed by atoms with Crippen LogP contribution in [0, 0.1) is 5.92 Å². The number of halogens is 1. The molecule has 6 heteroatoms. The van der Waals surface area contributed by atoms with Gasteiger partial charge in [0.15, 0.2) is 0 Å². The number of benzene rings is 1. The van der Waals surface area contributed by atoms with Crippen LogP contribution in [0.3, 0.4) is 0 Å². The summed E-state index contributed by atoms with van der Waals surface area (Å²) in [7, 11) is 3.25. The molecule has 1 aromatic rings. The van der Waals surface area contributed by atoms with Crippen LogP contribution in [0.5, 0.6) is 11.5 Å². The largest absolute Gasteiger partial charge is 0.497 e. The monoisotopic (exact) mass is 314 g/mol.